The Kier molecular flexibility index (Phi) is 1.88. The Labute approximate surface area is 64.0 Å². The van der Waals surface area contributed by atoms with Crippen LogP contribution >= 0.6 is 0 Å². The van der Waals surface area contributed by atoms with Gasteiger partial charge in [-0.1, -0.05) is 0 Å². The predicted molar refractivity (Wildman–Crippen MR) is 37.4 cm³/mol. The summed E-state index contributed by atoms with van der Waals surface area (Å²) in [6, 6.07) is 0. The van der Waals surface area contributed by atoms with Crippen molar-refractivity contribution in [1.29, 1.82) is 0 Å². The minimum absolute atomic E-state index is 0.196. The molecule has 0 spiro atoms. The zero-order valence-corrected chi connectivity index (χ0v) is 6.52. The average Bonchev–Trinajstić information content (AvgIpc) is 2.36. The molecule has 0 fully saturated rings. The molecule has 6 heteroatoms. The first-order valence-corrected chi connectivity index (χ1v) is 3.20. The van der Waals surface area contributed by atoms with Crippen molar-refractivity contribution in [3.63, 3.8) is 0 Å². The number of aliphatic hydroxyl groups is 1. The van der Waals surface area contributed by atoms with Gasteiger partial charge in [0.1, 0.15) is 5.54 Å². The lowest BCUT2D eigenvalue weighted by Crippen LogP contribution is -2.38. The number of aromatic nitrogens is 4. The van der Waals surface area contributed by atoms with Crippen molar-refractivity contribution in [2.24, 2.45) is 12.8 Å². The summed E-state index contributed by atoms with van der Waals surface area (Å²) >= 11 is 0. The number of nitrogens with two attached hydrogens (primary N) is 1. The van der Waals surface area contributed by atoms with E-state index in [0.29, 0.717) is 5.82 Å². The molecule has 0 aliphatic heterocycles. The molecule has 1 unspecified atom stereocenters. The molecule has 11 heavy (non-hydrogen) atoms. The van der Waals surface area contributed by atoms with E-state index in [4.69, 9.17) is 10.8 Å². The maximum absolute atomic E-state index is 8.81. The van der Waals surface area contributed by atoms with E-state index in [0.717, 1.165) is 0 Å². The molecule has 0 aliphatic carbocycles. The van der Waals surface area contributed by atoms with Gasteiger partial charge in [0.25, 0.3) is 0 Å². The first kappa shape index (κ1) is 8.09. The van der Waals surface area contributed by atoms with Gasteiger partial charge in [0.05, 0.1) is 13.7 Å². The number of tetrazole rings is 1. The maximum Gasteiger partial charge on any atom is 0.196 e. The van der Waals surface area contributed by atoms with Gasteiger partial charge in [0, 0.05) is 0 Å². The quantitative estimate of drug-likeness (QED) is 0.538. The molecule has 0 amide bonds. The van der Waals surface area contributed by atoms with Crippen LogP contribution in [0.2, 0.25) is 0 Å². The fourth-order valence-corrected chi connectivity index (χ4v) is 0.583. The standard InChI is InChI=1S/C5H11N5O/c1-5(6,3-11)4-7-9-10(2)8-4/h11H,3,6H2,1-2H3. The van der Waals surface area contributed by atoms with Crippen molar-refractivity contribution < 1.29 is 5.11 Å². The molecule has 6 nitrogen and oxygen atoms in total. The fraction of sp³-hybridized carbons (Fsp3) is 0.800. The van der Waals surface area contributed by atoms with E-state index < -0.39 is 5.54 Å². The molecule has 0 aliphatic rings. The first-order valence-electron chi connectivity index (χ1n) is 3.20. The largest absolute Gasteiger partial charge is 0.394 e. The van der Waals surface area contributed by atoms with Crippen molar-refractivity contribution in [2.75, 3.05) is 6.61 Å². The highest BCUT2D eigenvalue weighted by Gasteiger charge is 2.25. The summed E-state index contributed by atoms with van der Waals surface area (Å²) in [5, 5.41) is 19.9. The number of hydrogen-bond acceptors (Lipinski definition) is 5. The van der Waals surface area contributed by atoms with Crippen molar-refractivity contribution in [2.45, 2.75) is 12.5 Å². The molecular weight excluding hydrogens is 146 g/mol. The van der Waals surface area contributed by atoms with Gasteiger partial charge in [-0.2, -0.15) is 4.80 Å². The van der Waals surface area contributed by atoms with Crippen molar-refractivity contribution in [3.8, 4) is 0 Å². The molecule has 0 aromatic carbocycles. The first-order chi connectivity index (χ1) is 5.06. The van der Waals surface area contributed by atoms with Crippen LogP contribution in [-0.4, -0.2) is 31.9 Å². The second-order valence-electron chi connectivity index (χ2n) is 2.68. The highest BCUT2D eigenvalue weighted by atomic mass is 16.3. The van der Waals surface area contributed by atoms with Gasteiger partial charge in [-0.15, -0.1) is 10.2 Å². The lowest BCUT2D eigenvalue weighted by molar-refractivity contribution is 0.202. The van der Waals surface area contributed by atoms with Crippen molar-refractivity contribution >= 4 is 0 Å². The van der Waals surface area contributed by atoms with Gasteiger partial charge < -0.3 is 10.8 Å². The molecule has 3 N–H and O–H groups in total. The summed E-state index contributed by atoms with van der Waals surface area (Å²) < 4.78 is 0. The van der Waals surface area contributed by atoms with E-state index in [1.54, 1.807) is 14.0 Å². The van der Waals surface area contributed by atoms with Gasteiger partial charge in [-0.05, 0) is 12.1 Å². The van der Waals surface area contributed by atoms with Crippen LogP contribution in [0, 0.1) is 0 Å². The fourth-order valence-electron chi connectivity index (χ4n) is 0.583. The molecule has 62 valence electrons. The normalized spacial score (nSPS) is 16.4. The zero-order valence-electron chi connectivity index (χ0n) is 6.52. The third-order valence-electron chi connectivity index (χ3n) is 1.35. The third kappa shape index (κ3) is 1.52. The summed E-state index contributed by atoms with van der Waals surface area (Å²) in [7, 11) is 1.64. The van der Waals surface area contributed by atoms with E-state index >= 15 is 0 Å². The molecule has 0 radical (unpaired) electrons. The minimum Gasteiger partial charge on any atom is -0.394 e. The molecule has 1 aromatic heterocycles. The van der Waals surface area contributed by atoms with Crippen LogP contribution in [0.15, 0.2) is 0 Å². The zero-order chi connectivity index (χ0) is 8.48. The van der Waals surface area contributed by atoms with Crippen LogP contribution in [-0.2, 0) is 12.6 Å². The maximum atomic E-state index is 8.81. The number of aryl methyl sites for hydroxylation is 1. The topological polar surface area (TPSA) is 89.9 Å². The van der Waals surface area contributed by atoms with Crippen LogP contribution in [0.25, 0.3) is 0 Å². The number of hydrogen-bond donors (Lipinski definition) is 2. The van der Waals surface area contributed by atoms with Crippen molar-refractivity contribution in [1.82, 2.24) is 20.2 Å². The summed E-state index contributed by atoms with van der Waals surface area (Å²) in [5.74, 6) is 0.350. The summed E-state index contributed by atoms with van der Waals surface area (Å²) in [4.78, 5) is 1.30. The van der Waals surface area contributed by atoms with Crippen molar-refractivity contribution in [3.05, 3.63) is 5.82 Å². The summed E-state index contributed by atoms with van der Waals surface area (Å²) in [6.07, 6.45) is 0. The Bertz CT molecular complexity index is 243. The second-order valence-corrected chi connectivity index (χ2v) is 2.68. The molecule has 0 bridgehead atoms. The summed E-state index contributed by atoms with van der Waals surface area (Å²) in [6.45, 7) is 1.45. The van der Waals surface area contributed by atoms with Gasteiger partial charge in [0.2, 0.25) is 0 Å². The highest BCUT2D eigenvalue weighted by molar-refractivity contribution is 4.97. The Balaban J connectivity index is 2.92. The third-order valence-corrected chi connectivity index (χ3v) is 1.35. The smallest absolute Gasteiger partial charge is 0.196 e. The average molecular weight is 157 g/mol. The molecular formula is C5H11N5O. The van der Waals surface area contributed by atoms with Crippen LogP contribution in [0.3, 0.4) is 0 Å². The predicted octanol–water partition coefficient (Wildman–Crippen LogP) is -1.62. The number of rotatable bonds is 2. The number of nitrogens with zero attached hydrogens (tertiary/aromatic N) is 4. The lowest BCUT2D eigenvalue weighted by Gasteiger charge is -2.15. The van der Waals surface area contributed by atoms with Gasteiger partial charge in [0.15, 0.2) is 5.82 Å². The van der Waals surface area contributed by atoms with E-state index in [2.05, 4.69) is 15.4 Å². The van der Waals surface area contributed by atoms with Crippen LogP contribution in [0.5, 0.6) is 0 Å². The monoisotopic (exact) mass is 157 g/mol. The molecule has 0 saturated carbocycles. The Hall–Kier alpha value is -1.01. The second kappa shape index (κ2) is 2.55. The molecule has 1 rings (SSSR count). The Morgan fingerprint density at radius 2 is 2.36 bits per heavy atom. The highest BCUT2D eigenvalue weighted by Crippen LogP contribution is 2.09. The lowest BCUT2D eigenvalue weighted by atomic mass is 10.1. The number of aliphatic hydroxyl groups excluding tert-OH is 1. The van der Waals surface area contributed by atoms with Gasteiger partial charge >= 0.3 is 0 Å². The van der Waals surface area contributed by atoms with E-state index in [1.165, 1.54) is 4.80 Å². The van der Waals surface area contributed by atoms with Gasteiger partial charge in [-0.25, -0.2) is 0 Å². The minimum atomic E-state index is -0.895. The van der Waals surface area contributed by atoms with Crippen LogP contribution < -0.4 is 5.73 Å². The molecule has 1 atom stereocenters. The SMILES string of the molecule is Cn1nnc(C(C)(N)CO)n1. The van der Waals surface area contributed by atoms with Crippen LogP contribution in [0.4, 0.5) is 0 Å². The molecule has 1 aromatic rings. The van der Waals surface area contributed by atoms with Crippen LogP contribution in [0.1, 0.15) is 12.7 Å². The Morgan fingerprint density at radius 1 is 1.73 bits per heavy atom. The molecule has 1 heterocycles. The van der Waals surface area contributed by atoms with Gasteiger partial charge in [-0.3, -0.25) is 0 Å². The Morgan fingerprint density at radius 3 is 2.73 bits per heavy atom. The van der Waals surface area contributed by atoms with E-state index in [-0.39, 0.29) is 6.61 Å². The summed E-state index contributed by atoms with van der Waals surface area (Å²) in [5.41, 5.74) is 4.73. The van der Waals surface area contributed by atoms with E-state index in [9.17, 15) is 0 Å². The van der Waals surface area contributed by atoms with E-state index in [1.807, 2.05) is 0 Å². The molecule has 0 saturated heterocycles.